The van der Waals surface area contributed by atoms with Crippen LogP contribution < -0.4 is 5.32 Å². The van der Waals surface area contributed by atoms with Crippen LogP contribution in [0.2, 0.25) is 0 Å². The van der Waals surface area contributed by atoms with Crippen LogP contribution >= 0.6 is 11.8 Å². The van der Waals surface area contributed by atoms with E-state index in [1.807, 2.05) is 0 Å². The lowest BCUT2D eigenvalue weighted by molar-refractivity contribution is 0.0454. The third-order valence-electron chi connectivity index (χ3n) is 2.92. The Hall–Kier alpha value is 0.270. The highest BCUT2D eigenvalue weighted by atomic mass is 32.2. The molecule has 14 heavy (non-hydrogen) atoms. The van der Waals surface area contributed by atoms with E-state index < -0.39 is 0 Å². The maximum absolute atomic E-state index is 5.17. The van der Waals surface area contributed by atoms with E-state index >= 15 is 0 Å². The van der Waals surface area contributed by atoms with Gasteiger partial charge in [0.1, 0.15) is 0 Å². The predicted molar refractivity (Wildman–Crippen MR) is 64.0 cm³/mol. The number of nitrogens with one attached hydrogen (secondary N) is 1. The molecule has 1 saturated heterocycles. The standard InChI is InChI=1S/C11H23NOS/c1-4-9(3)11(12-5-2)8-14-10-6-13-7-10/h9-12H,4-8H2,1-3H3. The second-order valence-corrected chi connectivity index (χ2v) is 5.38. The first-order valence-corrected chi connectivity index (χ1v) is 6.75. The van der Waals surface area contributed by atoms with Crippen LogP contribution in [0.5, 0.6) is 0 Å². The van der Waals surface area contributed by atoms with Gasteiger partial charge in [-0.2, -0.15) is 11.8 Å². The van der Waals surface area contributed by atoms with Crippen molar-refractivity contribution in [2.45, 2.75) is 38.5 Å². The Bertz CT molecular complexity index is 150. The molecule has 0 aromatic heterocycles. The first-order valence-electron chi connectivity index (χ1n) is 5.70. The summed E-state index contributed by atoms with van der Waals surface area (Å²) in [5.74, 6) is 2.01. The summed E-state index contributed by atoms with van der Waals surface area (Å²) >= 11 is 2.07. The molecule has 2 atom stereocenters. The number of hydrogen-bond donors (Lipinski definition) is 1. The lowest BCUT2D eigenvalue weighted by Gasteiger charge is -2.29. The first kappa shape index (κ1) is 12.3. The Morgan fingerprint density at radius 1 is 1.43 bits per heavy atom. The molecule has 1 fully saturated rings. The minimum absolute atomic E-state index is 0.676. The van der Waals surface area contributed by atoms with Crippen LogP contribution in [-0.4, -0.2) is 36.8 Å². The van der Waals surface area contributed by atoms with Crippen LogP contribution in [0.1, 0.15) is 27.2 Å². The second-order valence-electron chi connectivity index (χ2n) is 4.04. The van der Waals surface area contributed by atoms with Gasteiger partial charge in [0, 0.05) is 11.8 Å². The number of ether oxygens (including phenoxy) is 1. The second kappa shape index (κ2) is 6.70. The fourth-order valence-corrected chi connectivity index (χ4v) is 2.83. The summed E-state index contributed by atoms with van der Waals surface area (Å²) in [7, 11) is 0. The molecule has 1 aliphatic heterocycles. The van der Waals surface area contributed by atoms with Gasteiger partial charge in [0.2, 0.25) is 0 Å². The topological polar surface area (TPSA) is 21.3 Å². The highest BCUT2D eigenvalue weighted by Gasteiger charge is 2.22. The molecule has 0 spiro atoms. The van der Waals surface area contributed by atoms with Crippen molar-refractivity contribution >= 4 is 11.8 Å². The van der Waals surface area contributed by atoms with Crippen LogP contribution in [0.3, 0.4) is 0 Å². The van der Waals surface area contributed by atoms with Gasteiger partial charge in [-0.1, -0.05) is 27.2 Å². The lowest BCUT2D eigenvalue weighted by Crippen LogP contribution is -2.39. The molecule has 2 nitrogen and oxygen atoms in total. The largest absolute Gasteiger partial charge is 0.379 e. The molecule has 1 aliphatic rings. The van der Waals surface area contributed by atoms with Crippen molar-refractivity contribution in [3.63, 3.8) is 0 Å². The molecule has 0 amide bonds. The zero-order valence-corrected chi connectivity index (χ0v) is 10.4. The minimum Gasteiger partial charge on any atom is -0.379 e. The number of thioether (sulfide) groups is 1. The third-order valence-corrected chi connectivity index (χ3v) is 4.21. The molecule has 2 unspecified atom stereocenters. The van der Waals surface area contributed by atoms with E-state index in [4.69, 9.17) is 4.74 Å². The molecular formula is C11H23NOS. The molecular weight excluding hydrogens is 194 g/mol. The smallest absolute Gasteiger partial charge is 0.0607 e. The molecule has 3 heteroatoms. The predicted octanol–water partition coefficient (Wildman–Crippen LogP) is 2.14. The van der Waals surface area contributed by atoms with E-state index in [1.54, 1.807) is 0 Å². The minimum atomic E-state index is 0.676. The van der Waals surface area contributed by atoms with Crippen molar-refractivity contribution in [3.8, 4) is 0 Å². The monoisotopic (exact) mass is 217 g/mol. The van der Waals surface area contributed by atoms with Crippen molar-refractivity contribution in [3.05, 3.63) is 0 Å². The quantitative estimate of drug-likeness (QED) is 0.706. The molecule has 0 aliphatic carbocycles. The Morgan fingerprint density at radius 2 is 2.14 bits per heavy atom. The first-order chi connectivity index (χ1) is 6.77. The molecule has 0 aromatic carbocycles. The zero-order valence-electron chi connectivity index (χ0n) is 9.58. The Balaban J connectivity index is 2.19. The van der Waals surface area contributed by atoms with Crippen LogP contribution in [0.4, 0.5) is 0 Å². The third kappa shape index (κ3) is 3.79. The highest BCUT2D eigenvalue weighted by molar-refractivity contribution is 8.00. The SMILES string of the molecule is CCNC(CSC1COC1)C(C)CC. The molecule has 0 saturated carbocycles. The van der Waals surface area contributed by atoms with Gasteiger partial charge in [-0.25, -0.2) is 0 Å². The van der Waals surface area contributed by atoms with E-state index in [-0.39, 0.29) is 0 Å². The summed E-state index contributed by atoms with van der Waals surface area (Å²) in [5, 5.41) is 4.34. The molecule has 0 bridgehead atoms. The van der Waals surface area contributed by atoms with Gasteiger partial charge in [0.25, 0.3) is 0 Å². The van der Waals surface area contributed by atoms with Gasteiger partial charge >= 0.3 is 0 Å². The fraction of sp³-hybridized carbons (Fsp3) is 1.00. The summed E-state index contributed by atoms with van der Waals surface area (Å²) in [6.45, 7) is 9.80. The number of hydrogen-bond acceptors (Lipinski definition) is 3. The van der Waals surface area contributed by atoms with Gasteiger partial charge in [0.05, 0.1) is 18.5 Å². The summed E-state index contributed by atoms with van der Waals surface area (Å²) < 4.78 is 5.17. The Morgan fingerprint density at radius 3 is 2.57 bits per heavy atom. The zero-order chi connectivity index (χ0) is 10.4. The highest BCUT2D eigenvalue weighted by Crippen LogP contribution is 2.22. The Kier molecular flexibility index (Phi) is 5.90. The maximum atomic E-state index is 5.17. The van der Waals surface area contributed by atoms with Crippen molar-refractivity contribution in [1.29, 1.82) is 0 Å². The average molecular weight is 217 g/mol. The van der Waals surface area contributed by atoms with E-state index in [0.29, 0.717) is 6.04 Å². The van der Waals surface area contributed by atoms with Crippen LogP contribution in [0.15, 0.2) is 0 Å². The summed E-state index contributed by atoms with van der Waals surface area (Å²) in [4.78, 5) is 0. The normalized spacial score (nSPS) is 21.6. The van der Waals surface area contributed by atoms with E-state index in [2.05, 4.69) is 37.8 Å². The van der Waals surface area contributed by atoms with Crippen LogP contribution in [0.25, 0.3) is 0 Å². The van der Waals surface area contributed by atoms with Crippen molar-refractivity contribution in [1.82, 2.24) is 5.32 Å². The number of rotatable bonds is 7. The summed E-state index contributed by atoms with van der Waals surface area (Å²) in [6, 6.07) is 0.676. The van der Waals surface area contributed by atoms with Gasteiger partial charge in [-0.05, 0) is 12.5 Å². The molecule has 0 aromatic rings. The Labute approximate surface area is 92.2 Å². The van der Waals surface area contributed by atoms with E-state index in [9.17, 15) is 0 Å². The van der Waals surface area contributed by atoms with Crippen molar-refractivity contribution in [2.75, 3.05) is 25.5 Å². The lowest BCUT2D eigenvalue weighted by atomic mass is 10.0. The molecule has 1 rings (SSSR count). The molecule has 0 radical (unpaired) electrons. The average Bonchev–Trinajstić information content (AvgIpc) is 2.13. The van der Waals surface area contributed by atoms with Gasteiger partial charge in [-0.3, -0.25) is 0 Å². The summed E-state index contributed by atoms with van der Waals surface area (Å²) in [6.07, 6.45) is 1.26. The van der Waals surface area contributed by atoms with E-state index in [1.165, 1.54) is 12.2 Å². The van der Waals surface area contributed by atoms with Crippen LogP contribution in [-0.2, 0) is 4.74 Å². The van der Waals surface area contributed by atoms with Crippen LogP contribution in [0, 0.1) is 5.92 Å². The molecule has 1 heterocycles. The van der Waals surface area contributed by atoms with Gasteiger partial charge in [-0.15, -0.1) is 0 Å². The van der Waals surface area contributed by atoms with Gasteiger partial charge in [0.15, 0.2) is 0 Å². The maximum Gasteiger partial charge on any atom is 0.0607 e. The molecule has 84 valence electrons. The van der Waals surface area contributed by atoms with Crippen molar-refractivity contribution < 1.29 is 4.74 Å². The van der Waals surface area contributed by atoms with Gasteiger partial charge < -0.3 is 10.1 Å². The molecule has 1 N–H and O–H groups in total. The summed E-state index contributed by atoms with van der Waals surface area (Å²) in [5.41, 5.74) is 0. The van der Waals surface area contributed by atoms with Crippen molar-refractivity contribution in [2.24, 2.45) is 5.92 Å². The fourth-order valence-electron chi connectivity index (χ4n) is 1.52. The van der Waals surface area contributed by atoms with E-state index in [0.717, 1.165) is 30.9 Å².